The number of rotatable bonds is 4. The maximum atomic E-state index is 12.1. The first-order chi connectivity index (χ1) is 9.16. The normalized spacial score (nSPS) is 24.7. The predicted molar refractivity (Wildman–Crippen MR) is 75.8 cm³/mol. The summed E-state index contributed by atoms with van der Waals surface area (Å²) in [7, 11) is 0. The summed E-state index contributed by atoms with van der Waals surface area (Å²) in [4.78, 5) is 12.1. The Bertz CT molecular complexity index is 404. The third kappa shape index (κ3) is 4.06. The van der Waals surface area contributed by atoms with E-state index in [0.717, 1.165) is 31.2 Å². The molecule has 3 atom stereocenters. The highest BCUT2D eigenvalue weighted by Gasteiger charge is 2.21. The van der Waals surface area contributed by atoms with Crippen molar-refractivity contribution in [3.63, 3.8) is 0 Å². The van der Waals surface area contributed by atoms with Crippen LogP contribution in [0.15, 0.2) is 30.3 Å². The van der Waals surface area contributed by atoms with E-state index in [1.165, 1.54) is 0 Å². The van der Waals surface area contributed by atoms with Gasteiger partial charge in [0.25, 0.3) is 0 Å². The van der Waals surface area contributed by atoms with Gasteiger partial charge in [-0.3, -0.25) is 4.79 Å². The first-order valence-corrected chi connectivity index (χ1v) is 7.17. The van der Waals surface area contributed by atoms with Gasteiger partial charge in [-0.25, -0.2) is 0 Å². The molecule has 0 bridgehead atoms. The summed E-state index contributed by atoms with van der Waals surface area (Å²) in [6.45, 7) is 2.62. The van der Waals surface area contributed by atoms with Crippen LogP contribution in [0.2, 0.25) is 0 Å². The number of carbonyl (C=O) groups is 1. The molecule has 0 radical (unpaired) electrons. The molecule has 0 aromatic heterocycles. The highest BCUT2D eigenvalue weighted by molar-refractivity contribution is 5.83. The lowest BCUT2D eigenvalue weighted by Crippen LogP contribution is -2.35. The van der Waals surface area contributed by atoms with Crippen molar-refractivity contribution in [1.29, 1.82) is 0 Å². The maximum absolute atomic E-state index is 12.1. The van der Waals surface area contributed by atoms with E-state index in [0.29, 0.717) is 12.5 Å². The number of aliphatic hydroxyl groups excluding tert-OH is 1. The van der Waals surface area contributed by atoms with Gasteiger partial charge in [-0.1, -0.05) is 36.8 Å². The molecular formula is C16H23NO2. The fraction of sp³-hybridized carbons (Fsp3) is 0.562. The summed E-state index contributed by atoms with van der Waals surface area (Å²) in [6.07, 6.45) is 3.72. The maximum Gasteiger partial charge on any atom is 0.227 e. The van der Waals surface area contributed by atoms with Gasteiger partial charge < -0.3 is 10.4 Å². The van der Waals surface area contributed by atoms with Gasteiger partial charge in [-0.15, -0.1) is 0 Å². The van der Waals surface area contributed by atoms with Crippen molar-refractivity contribution >= 4 is 5.91 Å². The molecule has 2 rings (SSSR count). The molecule has 1 amide bonds. The standard InChI is InChI=1S/C16H23NO2/c1-12(14-7-3-2-4-8-14)16(19)17-11-13-6-5-9-15(18)10-13/h2-4,7-8,12-13,15,18H,5-6,9-11H2,1H3,(H,17,19). The van der Waals surface area contributed by atoms with E-state index in [4.69, 9.17) is 0 Å². The monoisotopic (exact) mass is 261 g/mol. The van der Waals surface area contributed by atoms with Crippen LogP contribution in [0.1, 0.15) is 44.1 Å². The Morgan fingerprint density at radius 1 is 1.37 bits per heavy atom. The molecule has 3 unspecified atom stereocenters. The molecule has 1 saturated carbocycles. The lowest BCUT2D eigenvalue weighted by molar-refractivity contribution is -0.122. The Balaban J connectivity index is 1.81. The molecule has 1 aliphatic carbocycles. The molecule has 1 fully saturated rings. The molecule has 1 aromatic carbocycles. The molecule has 0 spiro atoms. The van der Waals surface area contributed by atoms with Crippen LogP contribution in [0, 0.1) is 5.92 Å². The van der Waals surface area contributed by atoms with Gasteiger partial charge in [0.15, 0.2) is 0 Å². The quantitative estimate of drug-likeness (QED) is 0.874. The number of aliphatic hydroxyl groups is 1. The van der Waals surface area contributed by atoms with Crippen molar-refractivity contribution in [3.05, 3.63) is 35.9 Å². The second-order valence-corrected chi connectivity index (χ2v) is 5.56. The van der Waals surface area contributed by atoms with Crippen LogP contribution < -0.4 is 5.32 Å². The number of nitrogens with one attached hydrogen (secondary N) is 1. The summed E-state index contributed by atoms with van der Waals surface area (Å²) in [5.41, 5.74) is 1.05. The predicted octanol–water partition coefficient (Wildman–Crippen LogP) is 2.46. The smallest absolute Gasteiger partial charge is 0.227 e. The fourth-order valence-corrected chi connectivity index (χ4v) is 2.74. The van der Waals surface area contributed by atoms with Crippen LogP contribution in [-0.2, 0) is 4.79 Å². The zero-order valence-corrected chi connectivity index (χ0v) is 11.5. The highest BCUT2D eigenvalue weighted by atomic mass is 16.3. The number of hydrogen-bond acceptors (Lipinski definition) is 2. The molecule has 104 valence electrons. The molecule has 0 heterocycles. The van der Waals surface area contributed by atoms with Crippen LogP contribution in [-0.4, -0.2) is 23.7 Å². The van der Waals surface area contributed by atoms with E-state index in [1.807, 2.05) is 37.3 Å². The summed E-state index contributed by atoms with van der Waals surface area (Å²) < 4.78 is 0. The van der Waals surface area contributed by atoms with E-state index < -0.39 is 0 Å². The first-order valence-electron chi connectivity index (χ1n) is 7.17. The Morgan fingerprint density at radius 2 is 2.11 bits per heavy atom. The number of amides is 1. The van der Waals surface area contributed by atoms with Gasteiger partial charge >= 0.3 is 0 Å². The molecule has 19 heavy (non-hydrogen) atoms. The van der Waals surface area contributed by atoms with Crippen molar-refractivity contribution < 1.29 is 9.90 Å². The lowest BCUT2D eigenvalue weighted by atomic mass is 9.87. The molecule has 0 saturated heterocycles. The molecule has 2 N–H and O–H groups in total. The van der Waals surface area contributed by atoms with Crippen LogP contribution in [0.25, 0.3) is 0 Å². The second kappa shape index (κ2) is 6.71. The van der Waals surface area contributed by atoms with Crippen molar-refractivity contribution in [3.8, 4) is 0 Å². The van der Waals surface area contributed by atoms with Gasteiger partial charge in [-0.2, -0.15) is 0 Å². The minimum Gasteiger partial charge on any atom is -0.393 e. The largest absolute Gasteiger partial charge is 0.393 e. The van der Waals surface area contributed by atoms with Gasteiger partial charge in [0.1, 0.15) is 0 Å². The van der Waals surface area contributed by atoms with Crippen molar-refractivity contribution in [1.82, 2.24) is 5.32 Å². The van der Waals surface area contributed by atoms with Crippen molar-refractivity contribution in [2.24, 2.45) is 5.92 Å². The highest BCUT2D eigenvalue weighted by Crippen LogP contribution is 2.23. The second-order valence-electron chi connectivity index (χ2n) is 5.56. The molecule has 1 aromatic rings. The van der Waals surface area contributed by atoms with Gasteiger partial charge in [0.2, 0.25) is 5.91 Å². The summed E-state index contributed by atoms with van der Waals surface area (Å²) in [5, 5.41) is 12.6. The minimum atomic E-state index is -0.179. The molecular weight excluding hydrogens is 238 g/mol. The van der Waals surface area contributed by atoms with Crippen LogP contribution >= 0.6 is 0 Å². The van der Waals surface area contributed by atoms with E-state index in [1.54, 1.807) is 0 Å². The Morgan fingerprint density at radius 3 is 2.79 bits per heavy atom. The van der Waals surface area contributed by atoms with E-state index in [-0.39, 0.29) is 17.9 Å². The van der Waals surface area contributed by atoms with Gasteiger partial charge in [0, 0.05) is 6.54 Å². The number of carbonyl (C=O) groups excluding carboxylic acids is 1. The minimum absolute atomic E-state index is 0.0752. The first kappa shape index (κ1) is 14.1. The molecule has 1 aliphatic rings. The average molecular weight is 261 g/mol. The van der Waals surface area contributed by atoms with Crippen LogP contribution in [0.5, 0.6) is 0 Å². The Labute approximate surface area is 115 Å². The molecule has 0 aliphatic heterocycles. The summed E-state index contributed by atoms with van der Waals surface area (Å²) in [6, 6.07) is 9.83. The third-order valence-corrected chi connectivity index (χ3v) is 4.01. The lowest BCUT2D eigenvalue weighted by Gasteiger charge is -2.26. The Kier molecular flexibility index (Phi) is 4.97. The van der Waals surface area contributed by atoms with Crippen molar-refractivity contribution in [2.75, 3.05) is 6.54 Å². The van der Waals surface area contributed by atoms with E-state index in [2.05, 4.69) is 5.32 Å². The zero-order chi connectivity index (χ0) is 13.7. The van der Waals surface area contributed by atoms with Crippen LogP contribution in [0.3, 0.4) is 0 Å². The summed E-state index contributed by atoms with van der Waals surface area (Å²) >= 11 is 0. The van der Waals surface area contributed by atoms with E-state index in [9.17, 15) is 9.90 Å². The van der Waals surface area contributed by atoms with Crippen molar-refractivity contribution in [2.45, 2.75) is 44.6 Å². The van der Waals surface area contributed by atoms with Gasteiger partial charge in [0.05, 0.1) is 12.0 Å². The SMILES string of the molecule is CC(C(=O)NCC1CCCC(O)C1)c1ccccc1. The zero-order valence-electron chi connectivity index (χ0n) is 11.5. The topological polar surface area (TPSA) is 49.3 Å². The summed E-state index contributed by atoms with van der Waals surface area (Å²) in [5.74, 6) is 0.386. The third-order valence-electron chi connectivity index (χ3n) is 4.01. The Hall–Kier alpha value is -1.35. The fourth-order valence-electron chi connectivity index (χ4n) is 2.74. The van der Waals surface area contributed by atoms with E-state index >= 15 is 0 Å². The number of benzene rings is 1. The molecule has 3 nitrogen and oxygen atoms in total. The number of hydrogen-bond donors (Lipinski definition) is 2. The van der Waals surface area contributed by atoms with Crippen LogP contribution in [0.4, 0.5) is 0 Å². The molecule has 3 heteroatoms. The van der Waals surface area contributed by atoms with Gasteiger partial charge in [-0.05, 0) is 37.7 Å². The average Bonchev–Trinajstić information content (AvgIpc) is 2.45.